The summed E-state index contributed by atoms with van der Waals surface area (Å²) in [4.78, 5) is 14.1. The first-order valence-corrected chi connectivity index (χ1v) is 7.72. The van der Waals surface area contributed by atoms with Crippen molar-refractivity contribution in [1.29, 1.82) is 0 Å². The van der Waals surface area contributed by atoms with Gasteiger partial charge in [-0.15, -0.1) is 0 Å². The third kappa shape index (κ3) is 3.75. The molecule has 2 fully saturated rings. The number of nitrogens with zero attached hydrogens (tertiary/aromatic N) is 1. The molecule has 1 aliphatic heterocycles. The molecule has 0 unspecified atom stereocenters. The fourth-order valence-electron chi connectivity index (χ4n) is 3.13. The number of amides is 1. The summed E-state index contributed by atoms with van der Waals surface area (Å²) in [7, 11) is 0. The average molecular weight is 281 g/mol. The number of ether oxygens (including phenoxy) is 1. The second kappa shape index (κ2) is 6.17. The van der Waals surface area contributed by atoms with E-state index in [4.69, 9.17) is 4.74 Å². The molecule has 1 saturated heterocycles. The minimum atomic E-state index is -0.446. The van der Waals surface area contributed by atoms with Crippen molar-refractivity contribution in [2.75, 3.05) is 13.2 Å². The lowest BCUT2D eigenvalue weighted by Crippen LogP contribution is -2.39. The molecule has 1 heterocycles. The van der Waals surface area contributed by atoms with E-state index in [2.05, 4.69) is 6.08 Å². The van der Waals surface area contributed by atoms with Crippen LogP contribution in [-0.4, -0.2) is 40.9 Å². The molecule has 114 valence electrons. The summed E-state index contributed by atoms with van der Waals surface area (Å²) in [5, 5.41) is 9.39. The molecule has 0 radical (unpaired) electrons. The van der Waals surface area contributed by atoms with Crippen molar-refractivity contribution in [1.82, 2.24) is 4.90 Å². The fourth-order valence-corrected chi connectivity index (χ4v) is 3.13. The van der Waals surface area contributed by atoms with Gasteiger partial charge in [-0.05, 0) is 52.9 Å². The molecule has 1 saturated carbocycles. The Morgan fingerprint density at radius 1 is 1.40 bits per heavy atom. The smallest absolute Gasteiger partial charge is 0.410 e. The predicted molar refractivity (Wildman–Crippen MR) is 78.5 cm³/mol. The lowest BCUT2D eigenvalue weighted by Gasteiger charge is -2.28. The zero-order valence-electron chi connectivity index (χ0n) is 12.9. The van der Waals surface area contributed by atoms with Gasteiger partial charge in [0.05, 0.1) is 6.04 Å². The van der Waals surface area contributed by atoms with Crippen molar-refractivity contribution in [3.63, 3.8) is 0 Å². The maximum atomic E-state index is 12.2. The van der Waals surface area contributed by atoms with Gasteiger partial charge in [0.1, 0.15) is 5.60 Å². The molecule has 4 heteroatoms. The first-order valence-electron chi connectivity index (χ1n) is 7.72. The van der Waals surface area contributed by atoms with Crippen LogP contribution >= 0.6 is 0 Å². The molecule has 1 amide bonds. The quantitative estimate of drug-likeness (QED) is 0.791. The number of rotatable bonds is 2. The van der Waals surface area contributed by atoms with E-state index in [1.165, 1.54) is 5.57 Å². The van der Waals surface area contributed by atoms with Crippen LogP contribution in [0, 0.1) is 5.92 Å². The SMILES string of the molecule is CC(C)(C)OC(=O)N1CCC[C@H]1/C=C1\CCC[C@H]1CO. The molecule has 0 bridgehead atoms. The lowest BCUT2D eigenvalue weighted by atomic mass is 10.0. The fraction of sp³-hybridized carbons (Fsp3) is 0.812. The first kappa shape index (κ1) is 15.4. The largest absolute Gasteiger partial charge is 0.444 e. The minimum Gasteiger partial charge on any atom is -0.444 e. The summed E-state index contributed by atoms with van der Waals surface area (Å²) in [5.74, 6) is 0.302. The van der Waals surface area contributed by atoms with Gasteiger partial charge in [0.25, 0.3) is 0 Å². The number of hydrogen-bond donors (Lipinski definition) is 1. The van der Waals surface area contributed by atoms with Gasteiger partial charge in [-0.3, -0.25) is 0 Å². The van der Waals surface area contributed by atoms with Crippen LogP contribution < -0.4 is 0 Å². The van der Waals surface area contributed by atoms with Crippen molar-refractivity contribution in [2.45, 2.75) is 64.5 Å². The van der Waals surface area contributed by atoms with E-state index in [1.807, 2.05) is 25.7 Å². The minimum absolute atomic E-state index is 0.145. The van der Waals surface area contributed by atoms with Crippen LogP contribution in [0.4, 0.5) is 4.79 Å². The molecule has 0 aromatic rings. The number of carbonyl (C=O) groups excluding carboxylic acids is 1. The van der Waals surface area contributed by atoms with E-state index in [0.29, 0.717) is 5.92 Å². The molecule has 0 spiro atoms. The number of aliphatic hydroxyl groups excluding tert-OH is 1. The summed E-state index contributed by atoms with van der Waals surface area (Å²) in [6, 6.07) is 0.145. The molecule has 2 atom stereocenters. The van der Waals surface area contributed by atoms with E-state index in [1.54, 1.807) is 0 Å². The molecule has 4 nitrogen and oxygen atoms in total. The van der Waals surface area contributed by atoms with E-state index in [-0.39, 0.29) is 18.7 Å². The maximum Gasteiger partial charge on any atom is 0.410 e. The molecule has 2 rings (SSSR count). The summed E-state index contributed by atoms with van der Waals surface area (Å²) < 4.78 is 5.48. The maximum absolute atomic E-state index is 12.2. The third-order valence-electron chi connectivity index (χ3n) is 4.10. The molecular formula is C16H27NO3. The monoisotopic (exact) mass is 281 g/mol. The Labute approximate surface area is 121 Å². The van der Waals surface area contributed by atoms with Crippen LogP contribution in [0.15, 0.2) is 11.6 Å². The lowest BCUT2D eigenvalue weighted by molar-refractivity contribution is 0.0255. The van der Waals surface area contributed by atoms with Crippen molar-refractivity contribution in [3.8, 4) is 0 Å². The highest BCUT2D eigenvalue weighted by atomic mass is 16.6. The number of carbonyl (C=O) groups is 1. The van der Waals surface area contributed by atoms with Gasteiger partial charge < -0.3 is 14.7 Å². The molecule has 20 heavy (non-hydrogen) atoms. The Kier molecular flexibility index (Phi) is 4.74. The van der Waals surface area contributed by atoms with E-state index in [0.717, 1.165) is 38.6 Å². The van der Waals surface area contributed by atoms with Crippen molar-refractivity contribution < 1.29 is 14.6 Å². The molecule has 0 aromatic carbocycles. The molecule has 1 N–H and O–H groups in total. The summed E-state index contributed by atoms with van der Waals surface area (Å²) >= 11 is 0. The summed E-state index contributed by atoms with van der Waals surface area (Å²) in [6.45, 7) is 6.69. The van der Waals surface area contributed by atoms with Gasteiger partial charge in [0.15, 0.2) is 0 Å². The van der Waals surface area contributed by atoms with Crippen molar-refractivity contribution in [2.24, 2.45) is 5.92 Å². The topological polar surface area (TPSA) is 49.8 Å². The summed E-state index contributed by atoms with van der Waals surface area (Å²) in [6.07, 6.45) is 7.31. The van der Waals surface area contributed by atoms with Crippen LogP contribution in [0.25, 0.3) is 0 Å². The second-order valence-corrected chi connectivity index (χ2v) is 6.90. The average Bonchev–Trinajstić information content (AvgIpc) is 2.96. The standard InChI is InChI=1S/C16H27NO3/c1-16(2,3)20-15(19)17-9-5-8-14(17)10-12-6-4-7-13(12)11-18/h10,13-14,18H,4-9,11H2,1-3H3/b12-10+/t13-,14-/m0/s1. The molecule has 1 aliphatic carbocycles. The van der Waals surface area contributed by atoms with Gasteiger partial charge in [-0.2, -0.15) is 0 Å². The Hall–Kier alpha value is -1.03. The molecule has 2 aliphatic rings. The Bertz CT molecular complexity index is 384. The highest BCUT2D eigenvalue weighted by Crippen LogP contribution is 2.33. The van der Waals surface area contributed by atoms with E-state index >= 15 is 0 Å². The van der Waals surface area contributed by atoms with Crippen molar-refractivity contribution in [3.05, 3.63) is 11.6 Å². The van der Waals surface area contributed by atoms with Gasteiger partial charge in [0.2, 0.25) is 0 Å². The van der Waals surface area contributed by atoms with Crippen LogP contribution in [0.2, 0.25) is 0 Å². The Morgan fingerprint density at radius 3 is 2.80 bits per heavy atom. The van der Waals surface area contributed by atoms with E-state index < -0.39 is 5.60 Å². The van der Waals surface area contributed by atoms with Gasteiger partial charge in [0, 0.05) is 19.1 Å². The normalized spacial score (nSPS) is 29.2. The zero-order chi connectivity index (χ0) is 14.8. The second-order valence-electron chi connectivity index (χ2n) is 6.90. The summed E-state index contributed by atoms with van der Waals surface area (Å²) in [5.41, 5.74) is 0.881. The van der Waals surface area contributed by atoms with Crippen LogP contribution in [0.5, 0.6) is 0 Å². The number of aliphatic hydroxyl groups is 1. The zero-order valence-corrected chi connectivity index (χ0v) is 12.9. The highest BCUT2D eigenvalue weighted by Gasteiger charge is 2.32. The van der Waals surface area contributed by atoms with Gasteiger partial charge in [-0.1, -0.05) is 11.6 Å². The first-order chi connectivity index (χ1) is 9.40. The number of hydrogen-bond acceptors (Lipinski definition) is 3. The van der Waals surface area contributed by atoms with Crippen LogP contribution in [0.3, 0.4) is 0 Å². The molecular weight excluding hydrogens is 254 g/mol. The Balaban J connectivity index is 2.04. The van der Waals surface area contributed by atoms with E-state index in [9.17, 15) is 9.90 Å². The number of likely N-dealkylation sites (tertiary alicyclic amines) is 1. The van der Waals surface area contributed by atoms with Crippen molar-refractivity contribution >= 4 is 6.09 Å². The molecule has 0 aromatic heterocycles. The highest BCUT2D eigenvalue weighted by molar-refractivity contribution is 5.69. The van der Waals surface area contributed by atoms with Gasteiger partial charge in [-0.25, -0.2) is 4.79 Å². The van der Waals surface area contributed by atoms with Crippen LogP contribution in [-0.2, 0) is 4.74 Å². The third-order valence-corrected chi connectivity index (χ3v) is 4.10. The van der Waals surface area contributed by atoms with Crippen LogP contribution in [0.1, 0.15) is 52.9 Å². The predicted octanol–water partition coefficient (Wildman–Crippen LogP) is 3.10. The van der Waals surface area contributed by atoms with Gasteiger partial charge >= 0.3 is 6.09 Å². The Morgan fingerprint density at radius 2 is 2.15 bits per heavy atom.